The van der Waals surface area contributed by atoms with Crippen molar-refractivity contribution in [3.05, 3.63) is 84.3 Å². The van der Waals surface area contributed by atoms with Gasteiger partial charge in [0.2, 0.25) is 0 Å². The summed E-state index contributed by atoms with van der Waals surface area (Å²) in [7, 11) is 0. The minimum atomic E-state index is -0.732. The molecule has 0 aliphatic rings. The van der Waals surface area contributed by atoms with E-state index in [-0.39, 0.29) is 6.54 Å². The van der Waals surface area contributed by atoms with Gasteiger partial charge in [0, 0.05) is 0 Å². The molecule has 0 aliphatic carbocycles. The first-order valence-electron chi connectivity index (χ1n) is 9.29. The first kappa shape index (κ1) is 19.2. The number of benzene rings is 3. The molecular formula is C23H18N2O5. The standard InChI is InChI=1S/C23H18N2O5/c26-20(25-23(28)24-13-17-8-5-11-29-17)14-30-22(27)21-18-9-3-1-6-15(18)12-16-7-2-4-10-19(16)21/h1-12H,13-14H2,(H2,24,25,26,28). The predicted octanol–water partition coefficient (Wildman–Crippen LogP) is 3.77. The van der Waals surface area contributed by atoms with E-state index in [1.807, 2.05) is 54.6 Å². The molecule has 0 saturated carbocycles. The van der Waals surface area contributed by atoms with E-state index in [0.717, 1.165) is 21.5 Å². The first-order chi connectivity index (χ1) is 14.6. The zero-order valence-corrected chi connectivity index (χ0v) is 15.9. The van der Waals surface area contributed by atoms with Crippen molar-refractivity contribution in [2.75, 3.05) is 6.61 Å². The van der Waals surface area contributed by atoms with Crippen LogP contribution in [0.15, 0.2) is 77.4 Å². The van der Waals surface area contributed by atoms with Crippen LogP contribution in [0.1, 0.15) is 16.1 Å². The smallest absolute Gasteiger partial charge is 0.339 e. The lowest BCUT2D eigenvalue weighted by molar-refractivity contribution is -0.123. The molecule has 0 fully saturated rings. The summed E-state index contributed by atoms with van der Waals surface area (Å²) in [5.41, 5.74) is 0.388. The Morgan fingerprint density at radius 3 is 2.17 bits per heavy atom. The van der Waals surface area contributed by atoms with Gasteiger partial charge in [-0.1, -0.05) is 48.5 Å². The van der Waals surface area contributed by atoms with Crippen LogP contribution in [0.4, 0.5) is 4.79 Å². The lowest BCUT2D eigenvalue weighted by atomic mass is 9.97. The maximum atomic E-state index is 12.8. The number of rotatable bonds is 5. The molecule has 0 bridgehead atoms. The second kappa shape index (κ2) is 8.48. The molecule has 1 heterocycles. The monoisotopic (exact) mass is 402 g/mol. The number of carbonyl (C=O) groups is 3. The zero-order valence-electron chi connectivity index (χ0n) is 15.9. The van der Waals surface area contributed by atoms with Crippen LogP contribution in [0.25, 0.3) is 21.5 Å². The number of fused-ring (bicyclic) bond motifs is 2. The van der Waals surface area contributed by atoms with Crippen molar-refractivity contribution in [2.45, 2.75) is 6.54 Å². The van der Waals surface area contributed by atoms with E-state index in [1.54, 1.807) is 12.1 Å². The van der Waals surface area contributed by atoms with Crippen LogP contribution in [-0.2, 0) is 16.1 Å². The Balaban J connectivity index is 1.44. The molecule has 0 unspecified atom stereocenters. The molecule has 3 aromatic carbocycles. The lowest BCUT2D eigenvalue weighted by Gasteiger charge is -2.11. The summed E-state index contributed by atoms with van der Waals surface area (Å²) in [5, 5.41) is 7.85. The van der Waals surface area contributed by atoms with Crippen molar-refractivity contribution >= 4 is 39.5 Å². The number of amides is 3. The van der Waals surface area contributed by atoms with Crippen LogP contribution in [-0.4, -0.2) is 24.5 Å². The number of hydrogen-bond donors (Lipinski definition) is 2. The average Bonchev–Trinajstić information content (AvgIpc) is 3.28. The molecular weight excluding hydrogens is 384 g/mol. The van der Waals surface area contributed by atoms with E-state index < -0.39 is 24.5 Å². The van der Waals surface area contributed by atoms with Gasteiger partial charge < -0.3 is 14.5 Å². The Morgan fingerprint density at radius 2 is 1.53 bits per heavy atom. The second-order valence-corrected chi connectivity index (χ2v) is 6.58. The van der Waals surface area contributed by atoms with Crippen molar-refractivity contribution in [2.24, 2.45) is 0 Å². The molecule has 0 atom stereocenters. The van der Waals surface area contributed by atoms with Gasteiger partial charge in [-0.2, -0.15) is 0 Å². The second-order valence-electron chi connectivity index (χ2n) is 6.58. The van der Waals surface area contributed by atoms with Gasteiger partial charge in [-0.25, -0.2) is 9.59 Å². The molecule has 2 N–H and O–H groups in total. The molecule has 4 aromatic rings. The van der Waals surface area contributed by atoms with Gasteiger partial charge in [0.25, 0.3) is 5.91 Å². The highest BCUT2D eigenvalue weighted by molar-refractivity contribution is 6.16. The van der Waals surface area contributed by atoms with Crippen molar-refractivity contribution in [3.63, 3.8) is 0 Å². The van der Waals surface area contributed by atoms with E-state index in [9.17, 15) is 14.4 Å². The molecule has 1 aromatic heterocycles. The third kappa shape index (κ3) is 4.15. The predicted molar refractivity (Wildman–Crippen MR) is 111 cm³/mol. The molecule has 150 valence electrons. The summed E-state index contributed by atoms with van der Waals surface area (Å²) in [6.07, 6.45) is 1.48. The van der Waals surface area contributed by atoms with E-state index in [1.165, 1.54) is 6.26 Å². The number of nitrogens with one attached hydrogen (secondary N) is 2. The number of urea groups is 1. The summed E-state index contributed by atoms with van der Waals surface area (Å²) >= 11 is 0. The van der Waals surface area contributed by atoms with Crippen LogP contribution in [0.3, 0.4) is 0 Å². The number of ether oxygens (including phenoxy) is 1. The fourth-order valence-electron chi connectivity index (χ4n) is 3.22. The normalized spacial score (nSPS) is 10.7. The lowest BCUT2D eigenvalue weighted by Crippen LogP contribution is -2.41. The Kier molecular flexibility index (Phi) is 5.43. The van der Waals surface area contributed by atoms with Crippen LogP contribution >= 0.6 is 0 Å². The largest absolute Gasteiger partial charge is 0.467 e. The summed E-state index contributed by atoms with van der Waals surface area (Å²) in [4.78, 5) is 36.6. The third-order valence-corrected chi connectivity index (χ3v) is 4.57. The van der Waals surface area contributed by atoms with Gasteiger partial charge >= 0.3 is 12.0 Å². The number of carbonyl (C=O) groups excluding carboxylic acids is 3. The number of esters is 1. The minimum absolute atomic E-state index is 0.133. The molecule has 0 radical (unpaired) electrons. The van der Waals surface area contributed by atoms with Gasteiger partial charge in [0.05, 0.1) is 18.4 Å². The van der Waals surface area contributed by atoms with Crippen molar-refractivity contribution < 1.29 is 23.5 Å². The summed E-state index contributed by atoms with van der Waals surface area (Å²) in [5.74, 6) is -0.814. The topological polar surface area (TPSA) is 97.6 Å². The van der Waals surface area contributed by atoms with E-state index in [4.69, 9.17) is 9.15 Å². The van der Waals surface area contributed by atoms with Crippen LogP contribution in [0.2, 0.25) is 0 Å². The minimum Gasteiger partial charge on any atom is -0.467 e. The quantitative estimate of drug-likeness (QED) is 0.391. The Hall–Kier alpha value is -4.13. The van der Waals surface area contributed by atoms with Crippen molar-refractivity contribution in [1.29, 1.82) is 0 Å². The fourth-order valence-corrected chi connectivity index (χ4v) is 3.22. The maximum absolute atomic E-state index is 12.8. The van der Waals surface area contributed by atoms with Gasteiger partial charge in [0.15, 0.2) is 6.61 Å². The third-order valence-electron chi connectivity index (χ3n) is 4.57. The highest BCUT2D eigenvalue weighted by Gasteiger charge is 2.18. The summed E-state index contributed by atoms with van der Waals surface area (Å²) in [6, 6.07) is 19.6. The SMILES string of the molecule is O=C(COC(=O)c1c2ccccc2cc2ccccc12)NC(=O)NCc1ccco1. The Labute approximate surface area is 171 Å². The average molecular weight is 402 g/mol. The van der Waals surface area contributed by atoms with Crippen LogP contribution < -0.4 is 10.6 Å². The molecule has 0 spiro atoms. The van der Waals surface area contributed by atoms with Crippen molar-refractivity contribution in [1.82, 2.24) is 10.6 Å². The fraction of sp³-hybridized carbons (Fsp3) is 0.0870. The van der Waals surface area contributed by atoms with Gasteiger partial charge in [-0.05, 0) is 39.7 Å². The van der Waals surface area contributed by atoms with E-state index in [2.05, 4.69) is 10.6 Å². The molecule has 0 aliphatic heterocycles. The van der Waals surface area contributed by atoms with Crippen LogP contribution in [0, 0.1) is 0 Å². The van der Waals surface area contributed by atoms with Gasteiger partial charge in [-0.15, -0.1) is 0 Å². The van der Waals surface area contributed by atoms with Crippen molar-refractivity contribution in [3.8, 4) is 0 Å². The first-order valence-corrected chi connectivity index (χ1v) is 9.29. The number of furan rings is 1. The summed E-state index contributed by atoms with van der Waals surface area (Å²) < 4.78 is 10.3. The molecule has 30 heavy (non-hydrogen) atoms. The number of imide groups is 1. The highest BCUT2D eigenvalue weighted by Crippen LogP contribution is 2.29. The molecule has 7 heteroatoms. The summed E-state index contributed by atoms with van der Waals surface area (Å²) in [6.45, 7) is -0.446. The number of hydrogen-bond acceptors (Lipinski definition) is 5. The maximum Gasteiger partial charge on any atom is 0.339 e. The zero-order chi connectivity index (χ0) is 20.9. The van der Waals surface area contributed by atoms with Crippen LogP contribution in [0.5, 0.6) is 0 Å². The Bertz CT molecular complexity index is 1180. The molecule has 0 saturated heterocycles. The molecule has 4 rings (SSSR count). The van der Waals surface area contributed by atoms with Gasteiger partial charge in [0.1, 0.15) is 5.76 Å². The molecule has 7 nitrogen and oxygen atoms in total. The highest BCUT2D eigenvalue weighted by atomic mass is 16.5. The Morgan fingerprint density at radius 1 is 0.867 bits per heavy atom. The van der Waals surface area contributed by atoms with E-state index in [0.29, 0.717) is 11.3 Å². The van der Waals surface area contributed by atoms with E-state index >= 15 is 0 Å². The molecule has 3 amide bonds. The van der Waals surface area contributed by atoms with Gasteiger partial charge in [-0.3, -0.25) is 10.1 Å².